The lowest BCUT2D eigenvalue weighted by atomic mass is 10.2. The molecule has 0 bridgehead atoms. The van der Waals surface area contributed by atoms with E-state index in [2.05, 4.69) is 24.1 Å². The molecule has 2 fully saturated rings. The van der Waals surface area contributed by atoms with Gasteiger partial charge in [-0.05, 0) is 26.7 Å². The number of rotatable bonds is 4. The van der Waals surface area contributed by atoms with Crippen LogP contribution in [0.25, 0.3) is 0 Å². The number of morpholine rings is 1. The maximum Gasteiger partial charge on any atom is 0.221 e. The first kappa shape index (κ1) is 11.9. The lowest BCUT2D eigenvalue weighted by Crippen LogP contribution is -2.48. The smallest absolute Gasteiger partial charge is 0.221 e. The molecule has 1 saturated carbocycles. The second-order valence-electron chi connectivity index (χ2n) is 5.08. The first-order chi connectivity index (χ1) is 7.65. The molecule has 0 aromatic carbocycles. The van der Waals surface area contributed by atoms with Crippen LogP contribution in [0.2, 0.25) is 0 Å². The third-order valence-electron chi connectivity index (χ3n) is 3.31. The van der Waals surface area contributed by atoms with Crippen LogP contribution in [-0.2, 0) is 9.53 Å². The topological polar surface area (TPSA) is 41.6 Å². The van der Waals surface area contributed by atoms with Gasteiger partial charge >= 0.3 is 0 Å². The minimum Gasteiger partial charge on any atom is -0.376 e. The second-order valence-corrected chi connectivity index (χ2v) is 5.08. The van der Waals surface area contributed by atoms with Crippen LogP contribution >= 0.6 is 0 Å². The van der Waals surface area contributed by atoms with Gasteiger partial charge in [0, 0.05) is 31.6 Å². The van der Waals surface area contributed by atoms with Gasteiger partial charge in [-0.25, -0.2) is 0 Å². The minimum atomic E-state index is 0.203. The summed E-state index contributed by atoms with van der Waals surface area (Å²) in [5.41, 5.74) is 0. The molecular weight excluding hydrogens is 204 g/mol. The monoisotopic (exact) mass is 226 g/mol. The van der Waals surface area contributed by atoms with Crippen molar-refractivity contribution < 1.29 is 9.53 Å². The number of amides is 1. The number of nitrogens with zero attached hydrogens (tertiary/aromatic N) is 1. The van der Waals surface area contributed by atoms with Gasteiger partial charge in [0.2, 0.25) is 5.91 Å². The molecular formula is C12H22N2O2. The van der Waals surface area contributed by atoms with E-state index in [1.807, 2.05) is 0 Å². The minimum absolute atomic E-state index is 0.203. The van der Waals surface area contributed by atoms with E-state index < -0.39 is 0 Å². The molecule has 1 amide bonds. The first-order valence-corrected chi connectivity index (χ1v) is 6.30. The number of nitrogens with one attached hydrogen (secondary N) is 1. The van der Waals surface area contributed by atoms with Gasteiger partial charge in [0.1, 0.15) is 0 Å². The lowest BCUT2D eigenvalue weighted by Gasteiger charge is -2.36. The largest absolute Gasteiger partial charge is 0.376 e. The van der Waals surface area contributed by atoms with E-state index in [4.69, 9.17) is 4.74 Å². The quantitative estimate of drug-likeness (QED) is 0.769. The van der Waals surface area contributed by atoms with Crippen LogP contribution in [0.1, 0.15) is 33.1 Å². The SMILES string of the molecule is C[C@@H]1CO[C@@H](C)CN1CCC(=O)NC1CC1. The molecule has 1 heterocycles. The van der Waals surface area contributed by atoms with Gasteiger partial charge in [0.25, 0.3) is 0 Å². The summed E-state index contributed by atoms with van der Waals surface area (Å²) in [7, 11) is 0. The van der Waals surface area contributed by atoms with Gasteiger partial charge in [-0.3, -0.25) is 9.69 Å². The molecule has 16 heavy (non-hydrogen) atoms. The normalized spacial score (nSPS) is 31.4. The Morgan fingerprint density at radius 3 is 2.88 bits per heavy atom. The molecule has 4 nitrogen and oxygen atoms in total. The van der Waals surface area contributed by atoms with Gasteiger partial charge < -0.3 is 10.1 Å². The lowest BCUT2D eigenvalue weighted by molar-refractivity contribution is -0.122. The van der Waals surface area contributed by atoms with Crippen LogP contribution in [0.4, 0.5) is 0 Å². The van der Waals surface area contributed by atoms with Gasteiger partial charge in [0.05, 0.1) is 12.7 Å². The fourth-order valence-corrected chi connectivity index (χ4v) is 2.06. The summed E-state index contributed by atoms with van der Waals surface area (Å²) in [4.78, 5) is 13.9. The van der Waals surface area contributed by atoms with E-state index in [0.717, 1.165) is 32.5 Å². The summed E-state index contributed by atoms with van der Waals surface area (Å²) in [5.74, 6) is 0.203. The van der Waals surface area contributed by atoms with Crippen molar-refractivity contribution >= 4 is 5.91 Å². The molecule has 2 atom stereocenters. The summed E-state index contributed by atoms with van der Waals surface area (Å²) in [6, 6.07) is 0.915. The van der Waals surface area contributed by atoms with Crippen molar-refractivity contribution in [3.05, 3.63) is 0 Å². The summed E-state index contributed by atoms with van der Waals surface area (Å²) in [5, 5.41) is 3.02. The Balaban J connectivity index is 1.68. The Kier molecular flexibility index (Phi) is 3.82. The molecule has 0 aromatic heterocycles. The van der Waals surface area contributed by atoms with Gasteiger partial charge in [-0.15, -0.1) is 0 Å². The highest BCUT2D eigenvalue weighted by atomic mass is 16.5. The molecule has 1 aliphatic heterocycles. The Morgan fingerprint density at radius 1 is 1.44 bits per heavy atom. The highest BCUT2D eigenvalue weighted by molar-refractivity contribution is 5.76. The molecule has 0 unspecified atom stereocenters. The Morgan fingerprint density at radius 2 is 2.19 bits per heavy atom. The summed E-state index contributed by atoms with van der Waals surface area (Å²) in [6.45, 7) is 6.82. The van der Waals surface area contributed by atoms with Crippen molar-refractivity contribution in [1.29, 1.82) is 0 Å². The average Bonchev–Trinajstić information content (AvgIpc) is 3.03. The maximum atomic E-state index is 11.6. The third kappa shape index (κ3) is 3.46. The number of hydrogen-bond donors (Lipinski definition) is 1. The molecule has 1 N–H and O–H groups in total. The Bertz CT molecular complexity index is 253. The first-order valence-electron chi connectivity index (χ1n) is 6.30. The third-order valence-corrected chi connectivity index (χ3v) is 3.31. The van der Waals surface area contributed by atoms with Gasteiger partial charge in [-0.2, -0.15) is 0 Å². The van der Waals surface area contributed by atoms with Crippen molar-refractivity contribution in [3.8, 4) is 0 Å². The molecule has 2 rings (SSSR count). The van der Waals surface area contributed by atoms with Crippen LogP contribution in [0.3, 0.4) is 0 Å². The fraction of sp³-hybridized carbons (Fsp3) is 0.917. The van der Waals surface area contributed by atoms with Gasteiger partial charge in [-0.1, -0.05) is 0 Å². The van der Waals surface area contributed by atoms with Crippen LogP contribution in [0, 0.1) is 0 Å². The Hall–Kier alpha value is -0.610. The van der Waals surface area contributed by atoms with E-state index in [9.17, 15) is 4.79 Å². The van der Waals surface area contributed by atoms with Crippen LogP contribution in [0.5, 0.6) is 0 Å². The van der Waals surface area contributed by atoms with E-state index in [1.54, 1.807) is 0 Å². The molecule has 1 aliphatic carbocycles. The summed E-state index contributed by atoms with van der Waals surface area (Å²) in [6.07, 6.45) is 3.24. The second kappa shape index (κ2) is 5.15. The molecule has 4 heteroatoms. The highest BCUT2D eigenvalue weighted by Gasteiger charge is 2.26. The molecule has 0 spiro atoms. The maximum absolute atomic E-state index is 11.6. The van der Waals surface area contributed by atoms with E-state index in [-0.39, 0.29) is 5.91 Å². The molecule has 0 aromatic rings. The number of hydrogen-bond acceptors (Lipinski definition) is 3. The standard InChI is InChI=1S/C12H22N2O2/c1-9-8-16-10(2)7-14(9)6-5-12(15)13-11-3-4-11/h9-11H,3-8H2,1-2H3,(H,13,15)/t9-,10+/m1/s1. The van der Waals surface area contributed by atoms with Crippen molar-refractivity contribution in [1.82, 2.24) is 10.2 Å². The number of ether oxygens (including phenoxy) is 1. The molecule has 92 valence electrons. The predicted molar refractivity (Wildman–Crippen MR) is 62.2 cm³/mol. The highest BCUT2D eigenvalue weighted by Crippen LogP contribution is 2.18. The zero-order valence-corrected chi connectivity index (χ0v) is 10.2. The van der Waals surface area contributed by atoms with Crippen molar-refractivity contribution in [2.45, 2.75) is 51.3 Å². The fourth-order valence-electron chi connectivity index (χ4n) is 2.06. The zero-order valence-electron chi connectivity index (χ0n) is 10.2. The van der Waals surface area contributed by atoms with Gasteiger partial charge in [0.15, 0.2) is 0 Å². The van der Waals surface area contributed by atoms with Crippen molar-refractivity contribution in [2.75, 3.05) is 19.7 Å². The Labute approximate surface area is 97.3 Å². The van der Waals surface area contributed by atoms with Crippen LogP contribution in [0.15, 0.2) is 0 Å². The summed E-state index contributed by atoms with van der Waals surface area (Å²) >= 11 is 0. The van der Waals surface area contributed by atoms with Crippen molar-refractivity contribution in [2.24, 2.45) is 0 Å². The number of carbonyl (C=O) groups is 1. The van der Waals surface area contributed by atoms with E-state index in [0.29, 0.717) is 24.6 Å². The van der Waals surface area contributed by atoms with Crippen molar-refractivity contribution in [3.63, 3.8) is 0 Å². The average molecular weight is 226 g/mol. The van der Waals surface area contributed by atoms with Crippen LogP contribution in [-0.4, -0.2) is 48.7 Å². The molecule has 2 aliphatic rings. The predicted octanol–water partition coefficient (Wildman–Crippen LogP) is 0.764. The number of carbonyl (C=O) groups excluding carboxylic acids is 1. The molecule has 1 saturated heterocycles. The molecule has 0 radical (unpaired) electrons. The zero-order chi connectivity index (χ0) is 11.5. The summed E-state index contributed by atoms with van der Waals surface area (Å²) < 4.78 is 5.56. The van der Waals surface area contributed by atoms with E-state index >= 15 is 0 Å². The van der Waals surface area contributed by atoms with Crippen LogP contribution < -0.4 is 5.32 Å². The van der Waals surface area contributed by atoms with E-state index in [1.165, 1.54) is 0 Å².